The molecule has 1 aromatic carbocycles. The van der Waals surface area contributed by atoms with E-state index in [1.807, 2.05) is 13.8 Å². The normalized spacial score (nSPS) is 14.4. The third kappa shape index (κ3) is 6.98. The first kappa shape index (κ1) is 18.0. The zero-order valence-corrected chi connectivity index (χ0v) is 14.0. The number of hydrogen-bond donors (Lipinski definition) is 2. The maximum Gasteiger partial charge on any atom is 0.244 e. The molecule has 0 aromatic heterocycles. The van der Waals surface area contributed by atoms with Crippen molar-refractivity contribution >= 4 is 35.2 Å². The highest BCUT2D eigenvalue weighted by atomic mass is 35.5. The lowest BCUT2D eigenvalue weighted by atomic mass is 9.94. The average molecular weight is 330 g/mol. The standard InChI is InChI=1S/C16H21Cl2NO2/c1-11(2)9-16(3,21)10-19-15(20)7-5-12-4-6-13(17)8-14(12)18/h4-8,11,21H,9-10H2,1-3H3,(H,19,20). The molecular formula is C16H21Cl2NO2. The van der Waals surface area contributed by atoms with Gasteiger partial charge >= 0.3 is 0 Å². The van der Waals surface area contributed by atoms with Gasteiger partial charge in [-0.15, -0.1) is 0 Å². The second-order valence-corrected chi connectivity index (χ2v) is 6.66. The molecule has 1 amide bonds. The highest BCUT2D eigenvalue weighted by Crippen LogP contribution is 2.22. The lowest BCUT2D eigenvalue weighted by Crippen LogP contribution is -2.40. The summed E-state index contributed by atoms with van der Waals surface area (Å²) in [7, 11) is 0. The van der Waals surface area contributed by atoms with Gasteiger partial charge in [0, 0.05) is 22.7 Å². The van der Waals surface area contributed by atoms with Gasteiger partial charge in [0.15, 0.2) is 0 Å². The lowest BCUT2D eigenvalue weighted by Gasteiger charge is -2.25. The van der Waals surface area contributed by atoms with Gasteiger partial charge in [-0.05, 0) is 43.0 Å². The van der Waals surface area contributed by atoms with Gasteiger partial charge in [-0.25, -0.2) is 0 Å². The maximum absolute atomic E-state index is 11.7. The number of halogens is 2. The van der Waals surface area contributed by atoms with E-state index in [1.165, 1.54) is 6.08 Å². The van der Waals surface area contributed by atoms with E-state index >= 15 is 0 Å². The van der Waals surface area contributed by atoms with Crippen LogP contribution in [0.15, 0.2) is 24.3 Å². The summed E-state index contributed by atoms with van der Waals surface area (Å²) in [6, 6.07) is 5.07. The predicted molar refractivity (Wildman–Crippen MR) is 88.6 cm³/mol. The minimum Gasteiger partial charge on any atom is -0.388 e. The van der Waals surface area contributed by atoms with Crippen LogP contribution < -0.4 is 5.32 Å². The van der Waals surface area contributed by atoms with Crippen molar-refractivity contribution in [2.24, 2.45) is 5.92 Å². The van der Waals surface area contributed by atoms with E-state index in [9.17, 15) is 9.90 Å². The number of carbonyl (C=O) groups excluding carboxylic acids is 1. The summed E-state index contributed by atoms with van der Waals surface area (Å²) < 4.78 is 0. The van der Waals surface area contributed by atoms with Crippen LogP contribution in [-0.4, -0.2) is 23.2 Å². The molecule has 0 spiro atoms. The maximum atomic E-state index is 11.7. The molecule has 0 heterocycles. The fourth-order valence-corrected chi connectivity index (χ4v) is 2.56. The fourth-order valence-electron chi connectivity index (χ4n) is 2.09. The molecule has 0 saturated carbocycles. The van der Waals surface area contributed by atoms with E-state index in [0.717, 1.165) is 0 Å². The molecule has 21 heavy (non-hydrogen) atoms. The summed E-state index contributed by atoms with van der Waals surface area (Å²) in [5.41, 5.74) is -0.194. The Morgan fingerprint density at radius 2 is 2.10 bits per heavy atom. The topological polar surface area (TPSA) is 49.3 Å². The molecule has 1 atom stereocenters. The Labute approximate surface area is 136 Å². The average Bonchev–Trinajstić information content (AvgIpc) is 2.34. The number of carbonyl (C=O) groups is 1. The lowest BCUT2D eigenvalue weighted by molar-refractivity contribution is -0.117. The largest absolute Gasteiger partial charge is 0.388 e. The highest BCUT2D eigenvalue weighted by molar-refractivity contribution is 6.35. The van der Waals surface area contributed by atoms with E-state index in [4.69, 9.17) is 23.2 Å². The van der Waals surface area contributed by atoms with E-state index in [-0.39, 0.29) is 12.5 Å². The third-order valence-corrected chi connectivity index (χ3v) is 3.43. The highest BCUT2D eigenvalue weighted by Gasteiger charge is 2.21. The monoisotopic (exact) mass is 329 g/mol. The van der Waals surface area contributed by atoms with Crippen molar-refractivity contribution in [2.45, 2.75) is 32.8 Å². The van der Waals surface area contributed by atoms with Gasteiger partial charge in [0.2, 0.25) is 5.91 Å². The van der Waals surface area contributed by atoms with Crippen LogP contribution in [0.4, 0.5) is 0 Å². The molecular weight excluding hydrogens is 309 g/mol. The smallest absolute Gasteiger partial charge is 0.244 e. The van der Waals surface area contributed by atoms with Crippen molar-refractivity contribution in [3.05, 3.63) is 39.9 Å². The zero-order chi connectivity index (χ0) is 16.0. The number of amides is 1. The summed E-state index contributed by atoms with van der Waals surface area (Å²) in [4.78, 5) is 11.7. The number of rotatable bonds is 6. The Morgan fingerprint density at radius 1 is 1.43 bits per heavy atom. The molecule has 1 unspecified atom stereocenters. The Balaban J connectivity index is 2.55. The number of nitrogens with one attached hydrogen (secondary N) is 1. The van der Waals surface area contributed by atoms with Crippen LogP contribution in [0.5, 0.6) is 0 Å². The van der Waals surface area contributed by atoms with E-state index in [0.29, 0.717) is 27.9 Å². The van der Waals surface area contributed by atoms with Crippen LogP contribution in [0.25, 0.3) is 6.08 Å². The Hall–Kier alpha value is -1.03. The zero-order valence-electron chi connectivity index (χ0n) is 12.5. The molecule has 5 heteroatoms. The fraction of sp³-hybridized carbons (Fsp3) is 0.438. The van der Waals surface area contributed by atoms with Gasteiger partial charge in [-0.2, -0.15) is 0 Å². The molecule has 116 valence electrons. The summed E-state index contributed by atoms with van der Waals surface area (Å²) >= 11 is 11.8. The summed E-state index contributed by atoms with van der Waals surface area (Å²) in [6.07, 6.45) is 3.63. The second kappa shape index (κ2) is 7.83. The quantitative estimate of drug-likeness (QED) is 0.777. The van der Waals surface area contributed by atoms with Crippen molar-refractivity contribution < 1.29 is 9.90 Å². The van der Waals surface area contributed by atoms with E-state index in [1.54, 1.807) is 31.2 Å². The minimum absolute atomic E-state index is 0.211. The van der Waals surface area contributed by atoms with Crippen molar-refractivity contribution in [1.82, 2.24) is 5.32 Å². The summed E-state index contributed by atoms with van der Waals surface area (Å²) in [5.74, 6) is 0.0883. The third-order valence-electron chi connectivity index (χ3n) is 2.87. The molecule has 1 aromatic rings. The van der Waals surface area contributed by atoms with Crippen LogP contribution >= 0.6 is 23.2 Å². The second-order valence-electron chi connectivity index (χ2n) is 5.81. The molecule has 0 aliphatic carbocycles. The molecule has 3 nitrogen and oxygen atoms in total. The van der Waals surface area contributed by atoms with Gasteiger partial charge in [0.1, 0.15) is 0 Å². The van der Waals surface area contributed by atoms with Crippen LogP contribution in [-0.2, 0) is 4.79 Å². The molecule has 0 aliphatic rings. The SMILES string of the molecule is CC(C)CC(C)(O)CNC(=O)C=Cc1ccc(Cl)cc1Cl. The Morgan fingerprint density at radius 3 is 2.67 bits per heavy atom. The minimum atomic E-state index is -0.907. The van der Waals surface area contributed by atoms with Crippen LogP contribution in [0.2, 0.25) is 10.0 Å². The van der Waals surface area contributed by atoms with Crippen molar-refractivity contribution in [2.75, 3.05) is 6.54 Å². The predicted octanol–water partition coefficient (Wildman–Crippen LogP) is 3.92. The molecule has 0 fully saturated rings. The molecule has 1 rings (SSSR count). The first-order valence-corrected chi connectivity index (χ1v) is 7.58. The Kier molecular flexibility index (Phi) is 6.72. The molecule has 0 bridgehead atoms. The molecule has 0 radical (unpaired) electrons. The molecule has 0 saturated heterocycles. The van der Waals surface area contributed by atoms with Crippen LogP contribution in [0, 0.1) is 5.92 Å². The van der Waals surface area contributed by atoms with Crippen LogP contribution in [0.3, 0.4) is 0 Å². The van der Waals surface area contributed by atoms with Crippen LogP contribution in [0.1, 0.15) is 32.8 Å². The van der Waals surface area contributed by atoms with E-state index < -0.39 is 5.60 Å². The van der Waals surface area contributed by atoms with Gasteiger partial charge in [-0.3, -0.25) is 4.79 Å². The van der Waals surface area contributed by atoms with Gasteiger partial charge in [0.05, 0.1) is 5.60 Å². The van der Waals surface area contributed by atoms with Crippen molar-refractivity contribution in [3.63, 3.8) is 0 Å². The van der Waals surface area contributed by atoms with Crippen molar-refractivity contribution in [1.29, 1.82) is 0 Å². The Bertz CT molecular complexity index is 525. The number of benzene rings is 1. The summed E-state index contributed by atoms with van der Waals surface area (Å²) in [5, 5.41) is 13.8. The first-order valence-electron chi connectivity index (χ1n) is 6.83. The van der Waals surface area contributed by atoms with Gasteiger partial charge in [0.25, 0.3) is 0 Å². The number of aliphatic hydroxyl groups is 1. The molecule has 2 N–H and O–H groups in total. The number of hydrogen-bond acceptors (Lipinski definition) is 2. The van der Waals surface area contributed by atoms with Gasteiger partial charge < -0.3 is 10.4 Å². The first-order chi connectivity index (χ1) is 9.69. The molecule has 0 aliphatic heterocycles. The van der Waals surface area contributed by atoms with Gasteiger partial charge in [-0.1, -0.05) is 43.1 Å². The van der Waals surface area contributed by atoms with Crippen molar-refractivity contribution in [3.8, 4) is 0 Å². The van der Waals surface area contributed by atoms with E-state index in [2.05, 4.69) is 5.32 Å². The summed E-state index contributed by atoms with van der Waals surface area (Å²) in [6.45, 7) is 5.98.